The van der Waals surface area contributed by atoms with Crippen molar-refractivity contribution in [3.63, 3.8) is 0 Å². The Hall–Kier alpha value is -3.03. The molecule has 0 saturated heterocycles. The summed E-state index contributed by atoms with van der Waals surface area (Å²) in [7, 11) is 0. The minimum Gasteiger partial charge on any atom is -0.467 e. The molecule has 0 unspecified atom stereocenters. The number of hydrogen-bond acceptors (Lipinski definition) is 5. The summed E-state index contributed by atoms with van der Waals surface area (Å²) in [6.45, 7) is 0.406. The Morgan fingerprint density at radius 1 is 1.00 bits per heavy atom. The van der Waals surface area contributed by atoms with Crippen molar-refractivity contribution in [2.75, 3.05) is 10.6 Å². The van der Waals surface area contributed by atoms with E-state index in [-0.39, 0.29) is 11.5 Å². The van der Waals surface area contributed by atoms with Gasteiger partial charge in [-0.25, -0.2) is 23.1 Å². The molecule has 23 heavy (non-hydrogen) atoms. The maximum absolute atomic E-state index is 13.6. The summed E-state index contributed by atoms with van der Waals surface area (Å²) >= 11 is 0. The van der Waals surface area contributed by atoms with E-state index in [0.717, 1.165) is 12.1 Å². The van der Waals surface area contributed by atoms with Crippen LogP contribution >= 0.6 is 0 Å². The highest BCUT2D eigenvalue weighted by Crippen LogP contribution is 2.23. The second-order valence-corrected chi connectivity index (χ2v) is 4.57. The van der Waals surface area contributed by atoms with Crippen molar-refractivity contribution in [3.05, 3.63) is 66.1 Å². The molecule has 0 aliphatic rings. The van der Waals surface area contributed by atoms with Crippen molar-refractivity contribution in [2.24, 2.45) is 0 Å². The number of anilines is 3. The van der Waals surface area contributed by atoms with Gasteiger partial charge in [-0.05, 0) is 24.3 Å². The number of rotatable bonds is 5. The summed E-state index contributed by atoms with van der Waals surface area (Å²) in [5.74, 6) is -2.70. The first-order valence-corrected chi connectivity index (χ1v) is 6.62. The summed E-state index contributed by atoms with van der Waals surface area (Å²) in [5, 5.41) is 5.57. The van der Waals surface area contributed by atoms with Crippen LogP contribution in [0, 0.1) is 17.5 Å². The zero-order valence-corrected chi connectivity index (χ0v) is 11.7. The topological polar surface area (TPSA) is 63.0 Å². The fourth-order valence-corrected chi connectivity index (χ4v) is 1.87. The van der Waals surface area contributed by atoms with Crippen LogP contribution < -0.4 is 10.6 Å². The number of nitrogens with zero attached hydrogens (tertiary/aromatic N) is 2. The molecule has 2 heterocycles. The molecule has 3 rings (SSSR count). The number of furan rings is 1. The maximum Gasteiger partial charge on any atom is 0.196 e. The molecule has 0 aliphatic heterocycles. The van der Waals surface area contributed by atoms with Crippen LogP contribution in [0.25, 0.3) is 0 Å². The Bertz CT molecular complexity index is 808. The van der Waals surface area contributed by atoms with Gasteiger partial charge >= 0.3 is 0 Å². The highest BCUT2D eigenvalue weighted by atomic mass is 19.2. The van der Waals surface area contributed by atoms with E-state index in [2.05, 4.69) is 20.6 Å². The fourth-order valence-electron chi connectivity index (χ4n) is 1.87. The van der Waals surface area contributed by atoms with Gasteiger partial charge in [0.25, 0.3) is 0 Å². The number of halogens is 3. The molecule has 0 amide bonds. The van der Waals surface area contributed by atoms with Gasteiger partial charge in [0, 0.05) is 6.07 Å². The van der Waals surface area contributed by atoms with Gasteiger partial charge in [0.15, 0.2) is 17.5 Å². The highest BCUT2D eigenvalue weighted by molar-refractivity contribution is 5.59. The summed E-state index contributed by atoms with van der Waals surface area (Å²) in [4.78, 5) is 7.91. The lowest BCUT2D eigenvalue weighted by Gasteiger charge is -2.09. The Balaban J connectivity index is 1.74. The van der Waals surface area contributed by atoms with Crippen LogP contribution in [0.5, 0.6) is 0 Å². The van der Waals surface area contributed by atoms with E-state index in [0.29, 0.717) is 18.1 Å². The van der Waals surface area contributed by atoms with Gasteiger partial charge < -0.3 is 15.1 Å². The standard InChI is InChI=1S/C15H11F3N4O/c16-10-3-4-11(15(18)14(10)17)22-13-6-12(20-8-21-13)19-7-9-2-1-5-23-9/h1-6,8H,7H2,(H2,19,20,21,22). The summed E-state index contributed by atoms with van der Waals surface area (Å²) in [5.41, 5.74) is -0.223. The van der Waals surface area contributed by atoms with Crippen molar-refractivity contribution < 1.29 is 17.6 Å². The predicted octanol–water partition coefficient (Wildman–Crippen LogP) is 3.84. The van der Waals surface area contributed by atoms with Crippen LogP contribution in [0.1, 0.15) is 5.76 Å². The maximum atomic E-state index is 13.6. The zero-order chi connectivity index (χ0) is 16.2. The van der Waals surface area contributed by atoms with E-state index in [4.69, 9.17) is 4.42 Å². The van der Waals surface area contributed by atoms with Gasteiger partial charge in [0.2, 0.25) is 0 Å². The van der Waals surface area contributed by atoms with Crippen LogP contribution in [0.2, 0.25) is 0 Å². The van der Waals surface area contributed by atoms with Gasteiger partial charge in [0.1, 0.15) is 23.7 Å². The average molecular weight is 320 g/mol. The first-order valence-electron chi connectivity index (χ1n) is 6.62. The second kappa shape index (κ2) is 6.39. The van der Waals surface area contributed by atoms with E-state index in [1.807, 2.05) is 0 Å². The van der Waals surface area contributed by atoms with Gasteiger partial charge in [-0.1, -0.05) is 0 Å². The molecule has 1 aromatic carbocycles. The largest absolute Gasteiger partial charge is 0.467 e. The number of benzene rings is 1. The first kappa shape index (κ1) is 14.9. The molecule has 0 saturated carbocycles. The third-order valence-electron chi connectivity index (χ3n) is 2.99. The van der Waals surface area contributed by atoms with Crippen LogP contribution in [0.4, 0.5) is 30.5 Å². The summed E-state index contributed by atoms with van der Waals surface area (Å²) in [6, 6.07) is 6.98. The van der Waals surface area contributed by atoms with Crippen molar-refractivity contribution in [3.8, 4) is 0 Å². The van der Waals surface area contributed by atoms with E-state index in [1.165, 1.54) is 12.4 Å². The van der Waals surface area contributed by atoms with Crippen molar-refractivity contribution in [1.82, 2.24) is 9.97 Å². The van der Waals surface area contributed by atoms with Gasteiger partial charge in [-0.15, -0.1) is 0 Å². The first-order chi connectivity index (χ1) is 11.1. The molecule has 3 aromatic rings. The molecule has 118 valence electrons. The molecule has 0 fully saturated rings. The lowest BCUT2D eigenvalue weighted by atomic mass is 10.3. The quantitative estimate of drug-likeness (QED) is 0.699. The minimum absolute atomic E-state index is 0.223. The molecule has 0 aliphatic carbocycles. The smallest absolute Gasteiger partial charge is 0.196 e. The van der Waals surface area contributed by atoms with E-state index in [9.17, 15) is 13.2 Å². The molecule has 0 radical (unpaired) electrons. The van der Waals surface area contributed by atoms with E-state index in [1.54, 1.807) is 18.4 Å². The van der Waals surface area contributed by atoms with Gasteiger partial charge in [-0.3, -0.25) is 0 Å². The number of hydrogen-bond donors (Lipinski definition) is 2. The molecule has 2 N–H and O–H groups in total. The third kappa shape index (κ3) is 3.42. The molecular weight excluding hydrogens is 309 g/mol. The zero-order valence-electron chi connectivity index (χ0n) is 11.7. The lowest BCUT2D eigenvalue weighted by molar-refractivity contribution is 0.449. The molecular formula is C15H11F3N4O. The van der Waals surface area contributed by atoms with Crippen LogP contribution in [0.3, 0.4) is 0 Å². The van der Waals surface area contributed by atoms with Crippen molar-refractivity contribution >= 4 is 17.3 Å². The van der Waals surface area contributed by atoms with E-state index < -0.39 is 17.5 Å². The number of aromatic nitrogens is 2. The lowest BCUT2D eigenvalue weighted by Crippen LogP contribution is -2.04. The Morgan fingerprint density at radius 3 is 2.61 bits per heavy atom. The molecule has 5 nitrogen and oxygen atoms in total. The van der Waals surface area contributed by atoms with Crippen LogP contribution in [-0.4, -0.2) is 9.97 Å². The van der Waals surface area contributed by atoms with Gasteiger partial charge in [-0.2, -0.15) is 0 Å². The Kier molecular flexibility index (Phi) is 4.13. The molecule has 0 bridgehead atoms. The number of nitrogens with one attached hydrogen (secondary N) is 2. The molecule has 0 spiro atoms. The SMILES string of the molecule is Fc1ccc(Nc2cc(NCc3ccco3)ncn2)c(F)c1F. The van der Waals surface area contributed by atoms with Crippen molar-refractivity contribution in [2.45, 2.75) is 6.54 Å². The third-order valence-corrected chi connectivity index (χ3v) is 2.99. The molecule has 0 atom stereocenters. The monoisotopic (exact) mass is 320 g/mol. The van der Waals surface area contributed by atoms with Crippen LogP contribution in [0.15, 0.2) is 47.3 Å². The van der Waals surface area contributed by atoms with Gasteiger partial charge in [0.05, 0.1) is 18.5 Å². The predicted molar refractivity (Wildman–Crippen MR) is 77.7 cm³/mol. The fraction of sp³-hybridized carbons (Fsp3) is 0.0667. The summed E-state index contributed by atoms with van der Waals surface area (Å²) < 4.78 is 44.9. The second-order valence-electron chi connectivity index (χ2n) is 4.57. The Labute approximate surface area is 129 Å². The minimum atomic E-state index is -1.54. The van der Waals surface area contributed by atoms with Crippen LogP contribution in [-0.2, 0) is 6.54 Å². The highest BCUT2D eigenvalue weighted by Gasteiger charge is 2.13. The van der Waals surface area contributed by atoms with Crippen molar-refractivity contribution in [1.29, 1.82) is 0 Å². The molecule has 8 heteroatoms. The van der Waals surface area contributed by atoms with E-state index >= 15 is 0 Å². The Morgan fingerprint density at radius 2 is 1.83 bits per heavy atom. The molecule has 2 aromatic heterocycles. The average Bonchev–Trinajstić information content (AvgIpc) is 3.07. The summed E-state index contributed by atoms with van der Waals surface area (Å²) in [6.07, 6.45) is 2.81. The normalized spacial score (nSPS) is 10.6.